The van der Waals surface area contributed by atoms with Gasteiger partial charge in [0.25, 0.3) is 0 Å². The van der Waals surface area contributed by atoms with Crippen molar-refractivity contribution in [3.05, 3.63) is 29.6 Å². The van der Waals surface area contributed by atoms with E-state index in [9.17, 15) is 9.18 Å². The van der Waals surface area contributed by atoms with E-state index in [0.717, 1.165) is 0 Å². The Morgan fingerprint density at radius 2 is 2.04 bits per heavy atom. The van der Waals surface area contributed by atoms with Crippen LogP contribution in [-0.4, -0.2) is 29.5 Å². The van der Waals surface area contributed by atoms with Crippen molar-refractivity contribution in [3.63, 3.8) is 0 Å². The molecule has 5 nitrogen and oxygen atoms in total. The third kappa shape index (κ3) is 6.44. The van der Waals surface area contributed by atoms with Gasteiger partial charge in [0, 0.05) is 11.6 Å². The number of aliphatic hydroxyl groups excluding tert-OH is 1. The zero-order valence-electron chi connectivity index (χ0n) is 14.4. The molecule has 0 bridgehead atoms. The van der Waals surface area contributed by atoms with Gasteiger partial charge in [0.1, 0.15) is 23.3 Å². The molecule has 0 aromatic heterocycles. The first-order valence-electron chi connectivity index (χ1n) is 7.72. The fourth-order valence-corrected chi connectivity index (χ4v) is 2.00. The van der Waals surface area contributed by atoms with Crippen LogP contribution in [0.2, 0.25) is 0 Å². The average molecular weight is 327 g/mol. The number of nitrogens with one attached hydrogen (secondary N) is 1. The molecular weight excluding hydrogens is 301 g/mol. The van der Waals surface area contributed by atoms with Crippen molar-refractivity contribution in [1.29, 1.82) is 0 Å². The Balaban J connectivity index is 2.98. The van der Waals surface area contributed by atoms with Gasteiger partial charge in [0.15, 0.2) is 0 Å². The van der Waals surface area contributed by atoms with Gasteiger partial charge in [-0.05, 0) is 40.2 Å². The molecule has 1 rings (SSSR count). The van der Waals surface area contributed by atoms with Crippen LogP contribution in [0.5, 0.6) is 5.75 Å². The number of aliphatic hydroxyl groups is 1. The van der Waals surface area contributed by atoms with E-state index in [1.165, 1.54) is 12.1 Å². The van der Waals surface area contributed by atoms with Gasteiger partial charge in [-0.15, -0.1) is 0 Å². The first-order valence-corrected chi connectivity index (χ1v) is 7.72. The summed E-state index contributed by atoms with van der Waals surface area (Å²) in [6, 6.07) is 3.75. The Kier molecular flexibility index (Phi) is 6.81. The molecule has 0 spiro atoms. The number of benzene rings is 1. The van der Waals surface area contributed by atoms with Crippen molar-refractivity contribution in [2.45, 2.75) is 58.8 Å². The van der Waals surface area contributed by atoms with E-state index in [1.807, 2.05) is 6.92 Å². The maximum atomic E-state index is 13.5. The molecule has 0 aliphatic rings. The van der Waals surface area contributed by atoms with Gasteiger partial charge in [0.2, 0.25) is 0 Å². The van der Waals surface area contributed by atoms with E-state index < -0.39 is 23.6 Å². The Bertz CT molecular complexity index is 528. The number of hydrogen-bond donors (Lipinski definition) is 2. The maximum Gasteiger partial charge on any atom is 0.408 e. The number of alkyl carbamates (subject to hydrolysis) is 1. The summed E-state index contributed by atoms with van der Waals surface area (Å²) in [6.07, 6.45) is -0.446. The standard InChI is InChI=1S/C17H26FNO4/c1-6-14(19-16(21)23-17(3,4)5)13-8-7-12(18)9-15(13)22-11(2)10-20/h7-9,11,14,20H,6,10H2,1-5H3,(H,19,21)/t11-,14+/m1/s1. The van der Waals surface area contributed by atoms with E-state index in [4.69, 9.17) is 14.6 Å². The van der Waals surface area contributed by atoms with Gasteiger partial charge in [-0.1, -0.05) is 13.0 Å². The third-order valence-electron chi connectivity index (χ3n) is 3.04. The molecule has 0 unspecified atom stereocenters. The van der Waals surface area contributed by atoms with Gasteiger partial charge >= 0.3 is 6.09 Å². The number of ether oxygens (including phenoxy) is 2. The van der Waals surface area contributed by atoms with Gasteiger partial charge in [-0.2, -0.15) is 0 Å². The summed E-state index contributed by atoms with van der Waals surface area (Å²) in [7, 11) is 0. The Morgan fingerprint density at radius 3 is 2.57 bits per heavy atom. The van der Waals surface area contributed by atoms with Crippen LogP contribution in [0, 0.1) is 5.82 Å². The highest BCUT2D eigenvalue weighted by Crippen LogP contribution is 2.29. The summed E-state index contributed by atoms with van der Waals surface area (Å²) in [6.45, 7) is 8.72. The molecule has 0 saturated heterocycles. The van der Waals surface area contributed by atoms with Crippen LogP contribution >= 0.6 is 0 Å². The molecule has 0 saturated carbocycles. The number of carbonyl (C=O) groups excluding carboxylic acids is 1. The zero-order valence-corrected chi connectivity index (χ0v) is 14.4. The van der Waals surface area contributed by atoms with E-state index in [1.54, 1.807) is 33.8 Å². The normalized spacial score (nSPS) is 14.0. The number of rotatable bonds is 6. The largest absolute Gasteiger partial charge is 0.488 e. The Labute approximate surface area is 136 Å². The summed E-state index contributed by atoms with van der Waals surface area (Å²) in [5, 5.41) is 11.9. The smallest absolute Gasteiger partial charge is 0.408 e. The molecular formula is C17H26FNO4. The fraction of sp³-hybridized carbons (Fsp3) is 0.588. The summed E-state index contributed by atoms with van der Waals surface area (Å²) in [5.74, 6) is -0.143. The predicted molar refractivity (Wildman–Crippen MR) is 86.0 cm³/mol. The molecule has 0 aliphatic heterocycles. The first-order chi connectivity index (χ1) is 10.7. The van der Waals surface area contributed by atoms with Crippen molar-refractivity contribution >= 4 is 6.09 Å². The van der Waals surface area contributed by atoms with E-state index >= 15 is 0 Å². The van der Waals surface area contributed by atoms with Crippen LogP contribution in [0.25, 0.3) is 0 Å². The van der Waals surface area contributed by atoms with Gasteiger partial charge in [0.05, 0.1) is 12.6 Å². The summed E-state index contributed by atoms with van der Waals surface area (Å²) in [5.41, 5.74) is 0.0377. The monoisotopic (exact) mass is 327 g/mol. The minimum absolute atomic E-state index is 0.188. The number of amides is 1. The van der Waals surface area contributed by atoms with Crippen LogP contribution in [0.3, 0.4) is 0 Å². The summed E-state index contributed by atoms with van der Waals surface area (Å²) >= 11 is 0. The van der Waals surface area contributed by atoms with Crippen LogP contribution in [0.4, 0.5) is 9.18 Å². The molecule has 23 heavy (non-hydrogen) atoms. The van der Waals surface area contributed by atoms with Crippen molar-refractivity contribution in [1.82, 2.24) is 5.32 Å². The lowest BCUT2D eigenvalue weighted by Gasteiger charge is -2.25. The number of carbonyl (C=O) groups is 1. The van der Waals surface area contributed by atoms with E-state index in [2.05, 4.69) is 5.32 Å². The summed E-state index contributed by atoms with van der Waals surface area (Å²) < 4.78 is 24.3. The molecule has 130 valence electrons. The molecule has 1 amide bonds. The van der Waals surface area contributed by atoms with Crippen molar-refractivity contribution in [3.8, 4) is 5.75 Å². The highest BCUT2D eigenvalue weighted by Gasteiger charge is 2.22. The quantitative estimate of drug-likeness (QED) is 0.838. The molecule has 0 heterocycles. The van der Waals surface area contributed by atoms with Crippen molar-refractivity contribution in [2.75, 3.05) is 6.61 Å². The van der Waals surface area contributed by atoms with Crippen LogP contribution < -0.4 is 10.1 Å². The van der Waals surface area contributed by atoms with Crippen molar-refractivity contribution < 1.29 is 23.8 Å². The minimum atomic E-state index is -0.601. The number of hydrogen-bond acceptors (Lipinski definition) is 4. The van der Waals surface area contributed by atoms with Gasteiger partial charge < -0.3 is 19.9 Å². The molecule has 0 aliphatic carbocycles. The second-order valence-electron chi connectivity index (χ2n) is 6.40. The molecule has 0 radical (unpaired) electrons. The van der Waals surface area contributed by atoms with Crippen LogP contribution in [0.15, 0.2) is 18.2 Å². The molecule has 6 heteroatoms. The van der Waals surface area contributed by atoms with Crippen LogP contribution in [-0.2, 0) is 4.74 Å². The minimum Gasteiger partial charge on any atom is -0.488 e. The lowest BCUT2D eigenvalue weighted by atomic mass is 10.0. The Morgan fingerprint density at radius 1 is 1.39 bits per heavy atom. The zero-order chi connectivity index (χ0) is 17.6. The fourth-order valence-electron chi connectivity index (χ4n) is 2.00. The van der Waals surface area contributed by atoms with Crippen LogP contribution in [0.1, 0.15) is 52.6 Å². The van der Waals surface area contributed by atoms with Gasteiger partial charge in [-0.25, -0.2) is 9.18 Å². The summed E-state index contributed by atoms with van der Waals surface area (Å²) in [4.78, 5) is 12.0. The molecule has 0 fully saturated rings. The second kappa shape index (κ2) is 8.15. The lowest BCUT2D eigenvalue weighted by Crippen LogP contribution is -2.35. The van der Waals surface area contributed by atoms with E-state index in [-0.39, 0.29) is 12.6 Å². The second-order valence-corrected chi connectivity index (χ2v) is 6.40. The maximum absolute atomic E-state index is 13.5. The van der Waals surface area contributed by atoms with Gasteiger partial charge in [-0.3, -0.25) is 0 Å². The van der Waals surface area contributed by atoms with E-state index in [0.29, 0.717) is 17.7 Å². The molecule has 2 atom stereocenters. The molecule has 1 aromatic carbocycles. The predicted octanol–water partition coefficient (Wildman–Crippen LogP) is 3.56. The highest BCUT2D eigenvalue weighted by atomic mass is 19.1. The SMILES string of the molecule is CC[C@H](NC(=O)OC(C)(C)C)c1ccc(F)cc1O[C@H](C)CO. The lowest BCUT2D eigenvalue weighted by molar-refractivity contribution is 0.0500. The molecule has 2 N–H and O–H groups in total. The van der Waals surface area contributed by atoms with Crippen molar-refractivity contribution in [2.24, 2.45) is 0 Å². The topological polar surface area (TPSA) is 67.8 Å². The molecule has 1 aromatic rings. The Hall–Kier alpha value is -1.82. The third-order valence-corrected chi connectivity index (χ3v) is 3.04. The average Bonchev–Trinajstić information content (AvgIpc) is 2.43. The first kappa shape index (κ1) is 19.2. The highest BCUT2D eigenvalue weighted by molar-refractivity contribution is 5.68. The number of halogens is 1.